The van der Waals surface area contributed by atoms with Crippen LogP contribution >= 0.6 is 0 Å². The van der Waals surface area contributed by atoms with Crippen molar-refractivity contribution in [1.82, 2.24) is 0 Å². The number of phenolic OH excluding ortho intramolecular Hbond substituents is 2. The zero-order valence-electron chi connectivity index (χ0n) is 18.5. The summed E-state index contributed by atoms with van der Waals surface area (Å²) in [6.07, 6.45) is 0. The molecule has 0 aromatic heterocycles. The van der Waals surface area contributed by atoms with Crippen molar-refractivity contribution < 1.29 is 19.8 Å². The Morgan fingerprint density at radius 2 is 1.11 bits per heavy atom. The first-order chi connectivity index (χ1) is 17.0. The highest BCUT2D eigenvalue weighted by molar-refractivity contribution is 6.40. The standard InChI is InChI=1S/C30H19NO4/c32-22-13-9-18(10-14-22)24-8-4-5-20-17-25(19-11-15-23(33)16-12-19)27-28(26(20)24)30(35)31(29(27)34)21-6-2-1-3-7-21/h1-17,32-33H. The SMILES string of the molecule is O=C1c2c(-c3ccc(O)cc3)cc3cccc(-c4ccc(O)cc4)c3c2C(=O)N1c1ccccc1. The number of aromatic hydroxyl groups is 2. The second kappa shape index (κ2) is 7.85. The molecule has 1 aliphatic rings. The molecule has 0 unspecified atom stereocenters. The molecule has 1 aliphatic heterocycles. The monoisotopic (exact) mass is 457 g/mol. The van der Waals surface area contributed by atoms with Crippen molar-refractivity contribution >= 4 is 28.3 Å². The van der Waals surface area contributed by atoms with Crippen LogP contribution in [-0.2, 0) is 0 Å². The molecular weight excluding hydrogens is 438 g/mol. The molecule has 0 spiro atoms. The summed E-state index contributed by atoms with van der Waals surface area (Å²) < 4.78 is 0. The van der Waals surface area contributed by atoms with Gasteiger partial charge in [-0.15, -0.1) is 0 Å². The average molecular weight is 457 g/mol. The number of imide groups is 1. The van der Waals surface area contributed by atoms with Gasteiger partial charge in [0.15, 0.2) is 0 Å². The Balaban J connectivity index is 1.70. The summed E-state index contributed by atoms with van der Waals surface area (Å²) in [4.78, 5) is 29.0. The van der Waals surface area contributed by atoms with Gasteiger partial charge in [0.25, 0.3) is 11.8 Å². The zero-order chi connectivity index (χ0) is 24.1. The maximum atomic E-state index is 13.9. The molecule has 0 radical (unpaired) electrons. The molecule has 6 rings (SSSR count). The number of anilines is 1. The molecule has 168 valence electrons. The molecule has 0 atom stereocenters. The summed E-state index contributed by atoms with van der Waals surface area (Å²) in [6.45, 7) is 0. The Morgan fingerprint density at radius 3 is 1.74 bits per heavy atom. The smallest absolute Gasteiger partial charge is 0.266 e. The molecule has 0 saturated heterocycles. The summed E-state index contributed by atoms with van der Waals surface area (Å²) in [5.41, 5.74) is 4.18. The fourth-order valence-electron chi connectivity index (χ4n) is 4.77. The summed E-state index contributed by atoms with van der Waals surface area (Å²) in [5.74, 6) is -0.501. The topological polar surface area (TPSA) is 77.8 Å². The second-order valence-corrected chi connectivity index (χ2v) is 8.45. The highest BCUT2D eigenvalue weighted by Gasteiger charge is 2.41. The van der Waals surface area contributed by atoms with E-state index in [1.165, 1.54) is 4.90 Å². The quantitative estimate of drug-likeness (QED) is 0.308. The molecule has 2 amide bonds. The lowest BCUT2D eigenvalue weighted by molar-refractivity contribution is 0.0927. The van der Waals surface area contributed by atoms with Gasteiger partial charge in [-0.2, -0.15) is 0 Å². The van der Waals surface area contributed by atoms with Crippen molar-refractivity contribution in [3.8, 4) is 33.8 Å². The number of carbonyl (C=O) groups excluding carboxylic acids is 2. The van der Waals surface area contributed by atoms with Gasteiger partial charge in [-0.3, -0.25) is 9.59 Å². The van der Waals surface area contributed by atoms with E-state index in [4.69, 9.17) is 0 Å². The number of nitrogens with zero attached hydrogens (tertiary/aromatic N) is 1. The van der Waals surface area contributed by atoms with Crippen LogP contribution in [0.2, 0.25) is 0 Å². The number of hydrogen-bond donors (Lipinski definition) is 2. The number of rotatable bonds is 3. The van der Waals surface area contributed by atoms with E-state index in [0.29, 0.717) is 27.8 Å². The second-order valence-electron chi connectivity index (χ2n) is 8.45. The first-order valence-electron chi connectivity index (χ1n) is 11.2. The molecular formula is C30H19NO4. The summed E-state index contributed by atoms with van der Waals surface area (Å²) in [7, 11) is 0. The molecule has 0 saturated carbocycles. The lowest BCUT2D eigenvalue weighted by Gasteiger charge is -2.14. The van der Waals surface area contributed by atoms with Crippen molar-refractivity contribution in [3.63, 3.8) is 0 Å². The fourth-order valence-corrected chi connectivity index (χ4v) is 4.77. The van der Waals surface area contributed by atoms with Gasteiger partial charge in [0.1, 0.15) is 11.5 Å². The number of benzene rings is 5. The molecule has 5 aromatic rings. The number of amides is 2. The highest BCUT2D eigenvalue weighted by Crippen LogP contribution is 2.43. The van der Waals surface area contributed by atoms with E-state index in [0.717, 1.165) is 22.1 Å². The summed E-state index contributed by atoms with van der Waals surface area (Å²) in [5, 5.41) is 21.1. The number of phenols is 2. The Bertz CT molecular complexity index is 1620. The Morgan fingerprint density at radius 1 is 0.543 bits per heavy atom. The van der Waals surface area contributed by atoms with E-state index >= 15 is 0 Å². The van der Waals surface area contributed by atoms with Gasteiger partial charge >= 0.3 is 0 Å². The fraction of sp³-hybridized carbons (Fsp3) is 0. The predicted octanol–water partition coefficient (Wildman–Crippen LogP) is 6.39. The molecule has 1 heterocycles. The Labute approximate surface area is 201 Å². The first kappa shape index (κ1) is 20.7. The number of hydrogen-bond acceptors (Lipinski definition) is 4. The van der Waals surface area contributed by atoms with Gasteiger partial charge in [-0.05, 0) is 70.1 Å². The van der Waals surface area contributed by atoms with E-state index in [1.807, 2.05) is 30.3 Å². The maximum absolute atomic E-state index is 13.9. The maximum Gasteiger partial charge on any atom is 0.266 e. The van der Waals surface area contributed by atoms with Gasteiger partial charge in [0, 0.05) is 5.39 Å². The Kier molecular flexibility index (Phi) is 4.64. The molecule has 5 nitrogen and oxygen atoms in total. The van der Waals surface area contributed by atoms with E-state index in [1.54, 1.807) is 72.8 Å². The molecule has 2 N–H and O–H groups in total. The molecule has 0 fully saturated rings. The molecule has 0 bridgehead atoms. The third-order valence-corrected chi connectivity index (χ3v) is 6.37. The van der Waals surface area contributed by atoms with Gasteiger partial charge < -0.3 is 10.2 Å². The van der Waals surface area contributed by atoms with Crippen molar-refractivity contribution in [2.45, 2.75) is 0 Å². The average Bonchev–Trinajstić information content (AvgIpc) is 3.15. The lowest BCUT2D eigenvalue weighted by Crippen LogP contribution is -2.29. The van der Waals surface area contributed by atoms with Crippen LogP contribution in [0.25, 0.3) is 33.0 Å². The number of para-hydroxylation sites is 1. The first-order valence-corrected chi connectivity index (χ1v) is 11.2. The van der Waals surface area contributed by atoms with E-state index in [9.17, 15) is 19.8 Å². The van der Waals surface area contributed by atoms with Crippen molar-refractivity contribution in [2.24, 2.45) is 0 Å². The summed E-state index contributed by atoms with van der Waals surface area (Å²) in [6, 6.07) is 30.0. The third-order valence-electron chi connectivity index (χ3n) is 6.37. The number of fused-ring (bicyclic) bond motifs is 3. The third kappa shape index (κ3) is 3.25. The van der Waals surface area contributed by atoms with Crippen LogP contribution in [0.3, 0.4) is 0 Å². The molecule has 5 heteroatoms. The van der Waals surface area contributed by atoms with Gasteiger partial charge in [0.2, 0.25) is 0 Å². The van der Waals surface area contributed by atoms with Crippen LogP contribution in [0.5, 0.6) is 11.5 Å². The van der Waals surface area contributed by atoms with E-state index < -0.39 is 0 Å². The van der Waals surface area contributed by atoms with Crippen molar-refractivity contribution in [1.29, 1.82) is 0 Å². The Hall–Kier alpha value is -4.90. The highest BCUT2D eigenvalue weighted by atomic mass is 16.3. The summed E-state index contributed by atoms with van der Waals surface area (Å²) >= 11 is 0. The largest absolute Gasteiger partial charge is 0.508 e. The minimum Gasteiger partial charge on any atom is -0.508 e. The van der Waals surface area contributed by atoms with Crippen molar-refractivity contribution in [3.05, 3.63) is 114 Å². The predicted molar refractivity (Wildman–Crippen MR) is 136 cm³/mol. The zero-order valence-corrected chi connectivity index (χ0v) is 18.5. The molecule has 35 heavy (non-hydrogen) atoms. The number of carbonyl (C=O) groups is 2. The lowest BCUT2D eigenvalue weighted by atomic mass is 9.88. The van der Waals surface area contributed by atoms with Crippen LogP contribution in [0.4, 0.5) is 5.69 Å². The van der Waals surface area contributed by atoms with Crippen molar-refractivity contribution in [2.75, 3.05) is 4.90 Å². The van der Waals surface area contributed by atoms with E-state index in [2.05, 4.69) is 0 Å². The van der Waals surface area contributed by atoms with E-state index in [-0.39, 0.29) is 23.3 Å². The normalized spacial score (nSPS) is 12.9. The minimum atomic E-state index is -0.387. The van der Waals surface area contributed by atoms with Crippen LogP contribution in [0, 0.1) is 0 Å². The van der Waals surface area contributed by atoms with Gasteiger partial charge in [0.05, 0.1) is 16.8 Å². The van der Waals surface area contributed by atoms with Crippen LogP contribution in [-0.4, -0.2) is 22.0 Å². The van der Waals surface area contributed by atoms with Gasteiger partial charge in [-0.1, -0.05) is 60.7 Å². The van der Waals surface area contributed by atoms with Crippen LogP contribution < -0.4 is 4.90 Å². The minimum absolute atomic E-state index is 0.120. The van der Waals surface area contributed by atoms with Gasteiger partial charge in [-0.25, -0.2) is 4.90 Å². The molecule has 5 aromatic carbocycles. The molecule has 0 aliphatic carbocycles. The van der Waals surface area contributed by atoms with Crippen LogP contribution in [0.15, 0.2) is 103 Å². The van der Waals surface area contributed by atoms with Crippen LogP contribution in [0.1, 0.15) is 20.7 Å².